The Balaban J connectivity index is 2.25. The van der Waals surface area contributed by atoms with Crippen molar-refractivity contribution in [3.05, 3.63) is 38.0 Å². The summed E-state index contributed by atoms with van der Waals surface area (Å²) in [7, 11) is 0. The Labute approximate surface area is 101 Å². The average molecular weight is 255 g/mol. The van der Waals surface area contributed by atoms with E-state index in [0.717, 1.165) is 0 Å². The van der Waals surface area contributed by atoms with E-state index in [-0.39, 0.29) is 13.2 Å². The number of hydrogen-bond acceptors (Lipinski definition) is 6. The van der Waals surface area contributed by atoms with Crippen molar-refractivity contribution in [2.24, 2.45) is 5.18 Å². The van der Waals surface area contributed by atoms with Crippen molar-refractivity contribution < 1.29 is 9.84 Å². The van der Waals surface area contributed by atoms with Crippen LogP contribution in [-0.2, 0) is 4.74 Å². The smallest absolute Gasteiger partial charge is 0.330 e. The Morgan fingerprint density at radius 3 is 3.00 bits per heavy atom. The average Bonchev–Trinajstić information content (AvgIpc) is 2.74. The standard InChI is InChI=1S/C10H13N3O5/c14-6-10(5-11-17)3-1-8(18-10)13-4-2-7(15)12-9(13)16/h2,4,8,14H,1,3,5-6H2,(H,12,15,16)/t8-,10-/m0/s1. The first-order valence-electron chi connectivity index (χ1n) is 5.49. The molecule has 0 bridgehead atoms. The molecule has 0 amide bonds. The third-order valence-corrected chi connectivity index (χ3v) is 3.04. The molecule has 0 unspecified atom stereocenters. The number of nitroso groups, excluding NO2 is 1. The molecule has 2 heterocycles. The van der Waals surface area contributed by atoms with E-state index in [1.54, 1.807) is 0 Å². The van der Waals surface area contributed by atoms with Crippen LogP contribution >= 0.6 is 0 Å². The molecule has 2 N–H and O–H groups in total. The number of aliphatic hydroxyl groups excluding tert-OH is 1. The van der Waals surface area contributed by atoms with Gasteiger partial charge in [0, 0.05) is 12.3 Å². The van der Waals surface area contributed by atoms with Gasteiger partial charge in [-0.25, -0.2) is 4.79 Å². The number of nitrogens with one attached hydrogen (secondary N) is 1. The van der Waals surface area contributed by atoms with E-state index in [2.05, 4.69) is 10.2 Å². The molecule has 1 saturated heterocycles. The maximum absolute atomic E-state index is 11.6. The van der Waals surface area contributed by atoms with Crippen LogP contribution in [0.4, 0.5) is 0 Å². The lowest BCUT2D eigenvalue weighted by molar-refractivity contribution is -0.0933. The number of aromatic amines is 1. The maximum Gasteiger partial charge on any atom is 0.330 e. The van der Waals surface area contributed by atoms with Gasteiger partial charge in [0.1, 0.15) is 18.4 Å². The van der Waals surface area contributed by atoms with Gasteiger partial charge in [0.05, 0.1) is 6.61 Å². The van der Waals surface area contributed by atoms with Crippen LogP contribution in [0.3, 0.4) is 0 Å². The third-order valence-electron chi connectivity index (χ3n) is 3.04. The molecule has 8 nitrogen and oxygen atoms in total. The summed E-state index contributed by atoms with van der Waals surface area (Å²) in [5.41, 5.74) is -2.10. The Morgan fingerprint density at radius 1 is 1.61 bits per heavy atom. The highest BCUT2D eigenvalue weighted by Gasteiger charge is 2.41. The topological polar surface area (TPSA) is 114 Å². The summed E-state index contributed by atoms with van der Waals surface area (Å²) >= 11 is 0. The first-order valence-corrected chi connectivity index (χ1v) is 5.49. The maximum atomic E-state index is 11.6. The van der Waals surface area contributed by atoms with Gasteiger partial charge < -0.3 is 9.84 Å². The zero-order chi connectivity index (χ0) is 13.2. The summed E-state index contributed by atoms with van der Waals surface area (Å²) in [6, 6.07) is 1.21. The second kappa shape index (κ2) is 4.83. The Kier molecular flexibility index (Phi) is 3.39. The van der Waals surface area contributed by atoms with Crippen LogP contribution in [0, 0.1) is 4.91 Å². The van der Waals surface area contributed by atoms with Crippen LogP contribution < -0.4 is 11.2 Å². The fourth-order valence-electron chi connectivity index (χ4n) is 2.04. The molecule has 2 atom stereocenters. The molecule has 8 heteroatoms. The van der Waals surface area contributed by atoms with Crippen LogP contribution in [0.5, 0.6) is 0 Å². The fourth-order valence-corrected chi connectivity index (χ4v) is 2.04. The minimum absolute atomic E-state index is 0.169. The first kappa shape index (κ1) is 12.7. The highest BCUT2D eigenvalue weighted by atomic mass is 16.5. The van der Waals surface area contributed by atoms with Crippen LogP contribution in [0.1, 0.15) is 19.1 Å². The second-order valence-electron chi connectivity index (χ2n) is 4.26. The zero-order valence-corrected chi connectivity index (χ0v) is 9.54. The summed E-state index contributed by atoms with van der Waals surface area (Å²) in [6.07, 6.45) is 1.60. The minimum Gasteiger partial charge on any atom is -0.393 e. The molecular weight excluding hydrogens is 242 g/mol. The van der Waals surface area contributed by atoms with E-state index in [1.807, 2.05) is 0 Å². The SMILES string of the molecule is O=NC[C@]1(CO)CC[C@@H](n2ccc(=O)[nH]c2=O)O1. The fraction of sp³-hybridized carbons (Fsp3) is 0.600. The van der Waals surface area contributed by atoms with Gasteiger partial charge in [-0.3, -0.25) is 14.3 Å². The number of ether oxygens (including phenoxy) is 1. The second-order valence-corrected chi connectivity index (χ2v) is 4.26. The zero-order valence-electron chi connectivity index (χ0n) is 9.54. The van der Waals surface area contributed by atoms with E-state index in [4.69, 9.17) is 4.74 Å². The van der Waals surface area contributed by atoms with Crippen molar-refractivity contribution in [3.63, 3.8) is 0 Å². The number of H-pyrrole nitrogens is 1. The minimum atomic E-state index is -1.03. The lowest BCUT2D eigenvalue weighted by Gasteiger charge is -2.24. The number of hydrogen-bond donors (Lipinski definition) is 2. The molecule has 1 aromatic heterocycles. The molecule has 18 heavy (non-hydrogen) atoms. The lowest BCUT2D eigenvalue weighted by atomic mass is 10.0. The summed E-state index contributed by atoms with van der Waals surface area (Å²) in [4.78, 5) is 34.9. The number of rotatable bonds is 4. The number of aliphatic hydroxyl groups is 1. The molecule has 0 radical (unpaired) electrons. The van der Waals surface area contributed by atoms with E-state index < -0.39 is 23.1 Å². The molecule has 2 rings (SSSR count). The van der Waals surface area contributed by atoms with Gasteiger partial charge in [0.15, 0.2) is 0 Å². The van der Waals surface area contributed by atoms with Crippen molar-refractivity contribution in [1.82, 2.24) is 9.55 Å². The van der Waals surface area contributed by atoms with Gasteiger partial charge >= 0.3 is 5.69 Å². The number of nitrogens with zero attached hydrogens (tertiary/aromatic N) is 2. The van der Waals surface area contributed by atoms with Crippen molar-refractivity contribution >= 4 is 0 Å². The molecule has 0 aliphatic carbocycles. The Bertz CT molecular complexity index is 551. The van der Waals surface area contributed by atoms with Gasteiger partial charge in [0.2, 0.25) is 0 Å². The molecule has 0 saturated carbocycles. The van der Waals surface area contributed by atoms with Crippen molar-refractivity contribution in [3.8, 4) is 0 Å². The largest absolute Gasteiger partial charge is 0.393 e. The van der Waals surface area contributed by atoms with Crippen LogP contribution in [0.25, 0.3) is 0 Å². The monoisotopic (exact) mass is 255 g/mol. The molecule has 0 spiro atoms. The predicted octanol–water partition coefficient (Wildman–Crippen LogP) is -0.657. The molecule has 1 aliphatic rings. The van der Waals surface area contributed by atoms with E-state index in [1.165, 1.54) is 16.8 Å². The van der Waals surface area contributed by atoms with Gasteiger partial charge in [-0.05, 0) is 12.8 Å². The molecule has 1 aliphatic heterocycles. The highest BCUT2D eigenvalue weighted by Crippen LogP contribution is 2.35. The summed E-state index contributed by atoms with van der Waals surface area (Å²) in [5.74, 6) is 0. The summed E-state index contributed by atoms with van der Waals surface area (Å²) in [6.45, 7) is -0.508. The van der Waals surface area contributed by atoms with E-state index in [0.29, 0.717) is 12.8 Å². The van der Waals surface area contributed by atoms with Crippen LogP contribution in [0.15, 0.2) is 27.0 Å². The van der Waals surface area contributed by atoms with Crippen molar-refractivity contribution in [2.45, 2.75) is 24.7 Å². The molecule has 98 valence electrons. The Hall–Kier alpha value is -1.80. The van der Waals surface area contributed by atoms with Gasteiger partial charge in [-0.1, -0.05) is 5.18 Å². The Morgan fingerprint density at radius 2 is 2.39 bits per heavy atom. The highest BCUT2D eigenvalue weighted by molar-refractivity contribution is 4.92. The van der Waals surface area contributed by atoms with Crippen molar-refractivity contribution in [1.29, 1.82) is 0 Å². The number of aromatic nitrogens is 2. The van der Waals surface area contributed by atoms with Crippen molar-refractivity contribution in [2.75, 3.05) is 13.2 Å². The molecule has 1 fully saturated rings. The quantitative estimate of drug-likeness (QED) is 0.693. The third kappa shape index (κ3) is 2.24. The lowest BCUT2D eigenvalue weighted by Crippen LogP contribution is -2.38. The summed E-state index contributed by atoms with van der Waals surface area (Å²) < 4.78 is 6.77. The van der Waals surface area contributed by atoms with E-state index in [9.17, 15) is 19.6 Å². The normalized spacial score (nSPS) is 27.3. The molecular formula is C10H13N3O5. The van der Waals surface area contributed by atoms with Gasteiger partial charge in [-0.2, -0.15) is 4.91 Å². The molecule has 1 aromatic rings. The predicted molar refractivity (Wildman–Crippen MR) is 61.2 cm³/mol. The van der Waals surface area contributed by atoms with Gasteiger partial charge in [0.25, 0.3) is 5.56 Å². The van der Waals surface area contributed by atoms with E-state index >= 15 is 0 Å². The molecule has 0 aromatic carbocycles. The first-order chi connectivity index (χ1) is 8.60. The van der Waals surface area contributed by atoms with Crippen LogP contribution in [0.2, 0.25) is 0 Å². The summed E-state index contributed by atoms with van der Waals surface area (Å²) in [5, 5.41) is 12.0. The van der Waals surface area contributed by atoms with Crippen LogP contribution in [-0.4, -0.2) is 33.4 Å². The van der Waals surface area contributed by atoms with Gasteiger partial charge in [-0.15, -0.1) is 0 Å².